The van der Waals surface area contributed by atoms with E-state index in [1.807, 2.05) is 12.4 Å². The SMILES string of the molecule is Cn1ccn(CCNC2CCCCCC2)c1=O. The van der Waals surface area contributed by atoms with Gasteiger partial charge >= 0.3 is 5.69 Å². The standard InChI is InChI=1S/C13H23N3O/c1-15-10-11-16(13(15)17)9-8-14-12-6-4-2-3-5-7-12/h10-12,14H,2-9H2,1H3. The summed E-state index contributed by atoms with van der Waals surface area (Å²) in [4.78, 5) is 11.6. The first-order valence-electron chi connectivity index (χ1n) is 6.72. The van der Waals surface area contributed by atoms with Crippen molar-refractivity contribution in [3.8, 4) is 0 Å². The van der Waals surface area contributed by atoms with E-state index in [2.05, 4.69) is 5.32 Å². The third kappa shape index (κ3) is 3.46. The van der Waals surface area contributed by atoms with Gasteiger partial charge < -0.3 is 9.88 Å². The van der Waals surface area contributed by atoms with Gasteiger partial charge in [-0.25, -0.2) is 4.79 Å². The molecule has 4 heteroatoms. The van der Waals surface area contributed by atoms with Gasteiger partial charge in [0.2, 0.25) is 0 Å². The second-order valence-corrected chi connectivity index (χ2v) is 5.03. The van der Waals surface area contributed by atoms with Crippen LogP contribution in [0.4, 0.5) is 0 Å². The molecule has 0 radical (unpaired) electrons. The summed E-state index contributed by atoms with van der Waals surface area (Å²) in [5.41, 5.74) is 0.0765. The molecule has 1 aliphatic carbocycles. The minimum Gasteiger partial charge on any atom is -0.312 e. The molecule has 1 aromatic heterocycles. The zero-order valence-corrected chi connectivity index (χ0v) is 10.7. The topological polar surface area (TPSA) is 39.0 Å². The van der Waals surface area contributed by atoms with Gasteiger partial charge in [0, 0.05) is 38.6 Å². The van der Waals surface area contributed by atoms with E-state index in [0.29, 0.717) is 6.04 Å². The van der Waals surface area contributed by atoms with Gasteiger partial charge in [-0.2, -0.15) is 0 Å². The Hall–Kier alpha value is -1.03. The Kier molecular flexibility index (Phi) is 4.42. The van der Waals surface area contributed by atoms with E-state index in [1.165, 1.54) is 38.5 Å². The fraction of sp³-hybridized carbons (Fsp3) is 0.769. The molecule has 1 fully saturated rings. The van der Waals surface area contributed by atoms with Gasteiger partial charge in [-0.3, -0.25) is 4.57 Å². The van der Waals surface area contributed by atoms with Crippen molar-refractivity contribution < 1.29 is 0 Å². The molecule has 0 atom stereocenters. The van der Waals surface area contributed by atoms with Crippen molar-refractivity contribution in [1.82, 2.24) is 14.5 Å². The van der Waals surface area contributed by atoms with Crippen molar-refractivity contribution in [3.63, 3.8) is 0 Å². The van der Waals surface area contributed by atoms with Gasteiger partial charge in [0.05, 0.1) is 0 Å². The van der Waals surface area contributed by atoms with Crippen molar-refractivity contribution in [2.24, 2.45) is 7.05 Å². The highest BCUT2D eigenvalue weighted by molar-refractivity contribution is 4.80. The third-order valence-electron chi connectivity index (χ3n) is 3.66. The van der Waals surface area contributed by atoms with E-state index in [4.69, 9.17) is 0 Å². The Morgan fingerprint density at radius 2 is 1.94 bits per heavy atom. The predicted octanol–water partition coefficient (Wildman–Crippen LogP) is 1.50. The average molecular weight is 237 g/mol. The Balaban J connectivity index is 1.75. The summed E-state index contributed by atoms with van der Waals surface area (Å²) in [6, 6.07) is 0.664. The van der Waals surface area contributed by atoms with Gasteiger partial charge in [-0.1, -0.05) is 25.7 Å². The van der Waals surface area contributed by atoms with Gasteiger partial charge in [0.1, 0.15) is 0 Å². The van der Waals surface area contributed by atoms with Gasteiger partial charge in [0.25, 0.3) is 0 Å². The van der Waals surface area contributed by atoms with Crippen LogP contribution in [0.1, 0.15) is 38.5 Å². The van der Waals surface area contributed by atoms with Crippen LogP contribution in [0.5, 0.6) is 0 Å². The quantitative estimate of drug-likeness (QED) is 0.806. The second-order valence-electron chi connectivity index (χ2n) is 5.03. The Morgan fingerprint density at radius 3 is 2.53 bits per heavy atom. The van der Waals surface area contributed by atoms with Crippen LogP contribution in [0.2, 0.25) is 0 Å². The fourth-order valence-corrected chi connectivity index (χ4v) is 2.55. The highest BCUT2D eigenvalue weighted by atomic mass is 16.1. The van der Waals surface area contributed by atoms with Crippen LogP contribution in [-0.4, -0.2) is 21.7 Å². The summed E-state index contributed by atoms with van der Waals surface area (Å²) < 4.78 is 3.38. The molecule has 0 aliphatic heterocycles. The van der Waals surface area contributed by atoms with Gasteiger partial charge in [-0.15, -0.1) is 0 Å². The molecule has 4 nitrogen and oxygen atoms in total. The summed E-state index contributed by atoms with van der Waals surface area (Å²) in [7, 11) is 1.79. The average Bonchev–Trinajstić information content (AvgIpc) is 2.58. The van der Waals surface area contributed by atoms with Gasteiger partial charge in [0.15, 0.2) is 0 Å². The first kappa shape index (κ1) is 12.4. The molecule has 0 saturated heterocycles. The normalized spacial score (nSPS) is 18.2. The number of aromatic nitrogens is 2. The Labute approximate surface area is 103 Å². The maximum absolute atomic E-state index is 11.6. The molecule has 1 saturated carbocycles. The molecule has 96 valence electrons. The van der Waals surface area contributed by atoms with Crippen molar-refractivity contribution in [3.05, 3.63) is 22.9 Å². The van der Waals surface area contributed by atoms with Crippen molar-refractivity contribution in [1.29, 1.82) is 0 Å². The van der Waals surface area contributed by atoms with Crippen LogP contribution in [-0.2, 0) is 13.6 Å². The molecule has 0 amide bonds. The molecule has 17 heavy (non-hydrogen) atoms. The summed E-state index contributed by atoms with van der Waals surface area (Å²) >= 11 is 0. The summed E-state index contributed by atoms with van der Waals surface area (Å²) in [6.07, 6.45) is 11.7. The molecule has 0 bridgehead atoms. The smallest absolute Gasteiger partial charge is 0.312 e. The molecule has 1 aliphatic rings. The summed E-state index contributed by atoms with van der Waals surface area (Å²) in [5, 5.41) is 3.58. The Morgan fingerprint density at radius 1 is 1.24 bits per heavy atom. The molecule has 1 aromatic rings. The van der Waals surface area contributed by atoms with E-state index in [9.17, 15) is 4.79 Å². The summed E-state index contributed by atoms with van der Waals surface area (Å²) in [5.74, 6) is 0. The Bertz CT molecular complexity index is 386. The van der Waals surface area contributed by atoms with Crippen molar-refractivity contribution in [2.75, 3.05) is 6.54 Å². The van der Waals surface area contributed by atoms with E-state index in [1.54, 1.807) is 16.2 Å². The maximum atomic E-state index is 11.6. The molecular weight excluding hydrogens is 214 g/mol. The van der Waals surface area contributed by atoms with Crippen LogP contribution in [0, 0.1) is 0 Å². The zero-order valence-electron chi connectivity index (χ0n) is 10.7. The van der Waals surface area contributed by atoms with Gasteiger partial charge in [-0.05, 0) is 12.8 Å². The van der Waals surface area contributed by atoms with Crippen molar-refractivity contribution in [2.45, 2.75) is 51.1 Å². The van der Waals surface area contributed by atoms with Crippen LogP contribution in [0.25, 0.3) is 0 Å². The minimum absolute atomic E-state index is 0.0765. The molecular formula is C13H23N3O. The van der Waals surface area contributed by atoms with Crippen LogP contribution < -0.4 is 11.0 Å². The largest absolute Gasteiger partial charge is 0.327 e. The van der Waals surface area contributed by atoms with Crippen LogP contribution in [0.3, 0.4) is 0 Å². The highest BCUT2D eigenvalue weighted by Gasteiger charge is 2.11. The first-order chi connectivity index (χ1) is 8.27. The van der Waals surface area contributed by atoms with Crippen LogP contribution in [0.15, 0.2) is 17.2 Å². The number of nitrogens with zero attached hydrogens (tertiary/aromatic N) is 2. The lowest BCUT2D eigenvalue weighted by atomic mass is 10.1. The number of aryl methyl sites for hydroxylation is 1. The molecule has 0 spiro atoms. The van der Waals surface area contributed by atoms with Crippen molar-refractivity contribution >= 4 is 0 Å². The lowest BCUT2D eigenvalue weighted by Gasteiger charge is -2.15. The maximum Gasteiger partial charge on any atom is 0.327 e. The second kappa shape index (κ2) is 6.05. The fourth-order valence-electron chi connectivity index (χ4n) is 2.55. The molecule has 1 N–H and O–H groups in total. The van der Waals surface area contributed by atoms with Crippen LogP contribution >= 0.6 is 0 Å². The molecule has 1 heterocycles. The predicted molar refractivity (Wildman–Crippen MR) is 69.2 cm³/mol. The lowest BCUT2D eigenvalue weighted by Crippen LogP contribution is -2.33. The van der Waals surface area contributed by atoms with E-state index < -0.39 is 0 Å². The molecule has 0 unspecified atom stereocenters. The van der Waals surface area contributed by atoms with E-state index in [0.717, 1.165) is 13.1 Å². The minimum atomic E-state index is 0.0765. The highest BCUT2D eigenvalue weighted by Crippen LogP contribution is 2.16. The molecule has 2 rings (SSSR count). The number of hydrogen-bond acceptors (Lipinski definition) is 2. The third-order valence-corrected chi connectivity index (χ3v) is 3.66. The van der Waals surface area contributed by atoms with E-state index >= 15 is 0 Å². The summed E-state index contributed by atoms with van der Waals surface area (Å²) in [6.45, 7) is 1.67. The monoisotopic (exact) mass is 237 g/mol. The number of rotatable bonds is 4. The number of imidazole rings is 1. The zero-order chi connectivity index (χ0) is 12.1. The molecule has 0 aromatic carbocycles. The number of hydrogen-bond donors (Lipinski definition) is 1. The lowest BCUT2D eigenvalue weighted by molar-refractivity contribution is 0.442. The number of nitrogens with one attached hydrogen (secondary N) is 1. The first-order valence-corrected chi connectivity index (χ1v) is 6.72. The van der Waals surface area contributed by atoms with E-state index in [-0.39, 0.29) is 5.69 Å².